The Balaban J connectivity index is 2.02. The summed E-state index contributed by atoms with van der Waals surface area (Å²) in [5.74, 6) is -0.237. The monoisotopic (exact) mass is 256 g/mol. The molecule has 0 fully saturated rings. The summed E-state index contributed by atoms with van der Waals surface area (Å²) >= 11 is 0. The molecule has 19 heavy (non-hydrogen) atoms. The Kier molecular flexibility index (Phi) is 3.87. The number of hydrogen-bond donors (Lipinski definition) is 2. The second kappa shape index (κ2) is 5.77. The number of aromatic hydroxyl groups is 2. The van der Waals surface area contributed by atoms with Gasteiger partial charge in [0.05, 0.1) is 0 Å². The molecule has 0 aliphatic heterocycles. The normalized spacial score (nSPS) is 10.7. The topological polar surface area (TPSA) is 82.8 Å². The van der Waals surface area contributed by atoms with Crippen LogP contribution in [0, 0.1) is 0 Å². The molecule has 5 nitrogen and oxygen atoms in total. The molecular formula is C14H12N2O3. The molecule has 2 rings (SSSR count). The molecule has 2 N–H and O–H groups in total. The van der Waals surface area contributed by atoms with Crippen LogP contribution < -0.4 is 0 Å². The molecule has 5 heteroatoms. The Morgan fingerprint density at radius 2 is 1.95 bits per heavy atom. The van der Waals surface area contributed by atoms with Gasteiger partial charge in [0.2, 0.25) is 0 Å². The lowest BCUT2D eigenvalue weighted by molar-refractivity contribution is 0.100. The molecule has 0 aliphatic rings. The number of pyridine rings is 1. The zero-order chi connectivity index (χ0) is 13.7. The van der Waals surface area contributed by atoms with Crippen molar-refractivity contribution in [1.29, 1.82) is 0 Å². The van der Waals surface area contributed by atoms with Gasteiger partial charge in [-0.15, -0.1) is 0 Å². The van der Waals surface area contributed by atoms with Crippen LogP contribution in [0.1, 0.15) is 15.9 Å². The highest BCUT2D eigenvalue weighted by molar-refractivity contribution is 5.98. The number of ketones is 1. The van der Waals surface area contributed by atoms with Gasteiger partial charge >= 0.3 is 0 Å². The molecule has 1 aromatic carbocycles. The van der Waals surface area contributed by atoms with Gasteiger partial charge in [0.1, 0.15) is 18.0 Å². The average molecular weight is 256 g/mol. The van der Waals surface area contributed by atoms with Crippen molar-refractivity contribution >= 4 is 12.0 Å². The minimum Gasteiger partial charge on any atom is -0.508 e. The van der Waals surface area contributed by atoms with Crippen molar-refractivity contribution in [3.8, 4) is 11.5 Å². The number of benzene rings is 1. The summed E-state index contributed by atoms with van der Waals surface area (Å²) in [6, 6.07) is 7.41. The average Bonchev–Trinajstić information content (AvgIpc) is 2.42. The fraction of sp³-hybridized carbons (Fsp3) is 0.0714. The number of phenols is 2. The summed E-state index contributed by atoms with van der Waals surface area (Å²) in [5, 5.41) is 18.7. The summed E-state index contributed by atoms with van der Waals surface area (Å²) in [4.78, 5) is 19.5. The molecule has 0 unspecified atom stereocenters. The number of hydrogen-bond acceptors (Lipinski definition) is 5. The Labute approximate surface area is 109 Å². The fourth-order valence-corrected chi connectivity index (χ4v) is 1.50. The van der Waals surface area contributed by atoms with E-state index in [9.17, 15) is 9.90 Å². The lowest BCUT2D eigenvalue weighted by Gasteiger charge is -1.99. The molecule has 0 saturated carbocycles. The van der Waals surface area contributed by atoms with Crippen molar-refractivity contribution in [2.24, 2.45) is 4.99 Å². The zero-order valence-electron chi connectivity index (χ0n) is 10.0. The third kappa shape index (κ3) is 3.38. The standard InChI is InChI=1S/C14H12N2O3/c17-12-2-1-11(13(18)7-12)8-16-9-14(19)10-3-5-15-6-4-10/h1-8,17-18H,9H2. The van der Waals surface area contributed by atoms with Gasteiger partial charge in [0, 0.05) is 35.8 Å². The SMILES string of the molecule is O=C(CN=Cc1ccc(O)cc1O)c1ccncc1. The molecule has 0 saturated heterocycles. The molecule has 0 atom stereocenters. The summed E-state index contributed by atoms with van der Waals surface area (Å²) in [5.41, 5.74) is 0.988. The van der Waals surface area contributed by atoms with Crippen LogP contribution in [0.25, 0.3) is 0 Å². The van der Waals surface area contributed by atoms with E-state index in [4.69, 9.17) is 5.11 Å². The summed E-state index contributed by atoms with van der Waals surface area (Å²) in [7, 11) is 0. The second-order valence-corrected chi connectivity index (χ2v) is 3.87. The molecule has 0 spiro atoms. The molecule has 2 aromatic rings. The van der Waals surface area contributed by atoms with Crippen LogP contribution in [0.5, 0.6) is 11.5 Å². The van der Waals surface area contributed by atoms with E-state index in [0.717, 1.165) is 0 Å². The van der Waals surface area contributed by atoms with Crippen LogP contribution in [0.4, 0.5) is 0 Å². The highest BCUT2D eigenvalue weighted by Gasteiger charge is 2.03. The van der Waals surface area contributed by atoms with Gasteiger partial charge in [0.25, 0.3) is 0 Å². The summed E-state index contributed by atoms with van der Waals surface area (Å²) in [6.07, 6.45) is 4.49. The quantitative estimate of drug-likeness (QED) is 0.645. The van der Waals surface area contributed by atoms with Gasteiger partial charge in [-0.2, -0.15) is 0 Å². The molecule has 0 bridgehead atoms. The van der Waals surface area contributed by atoms with E-state index in [2.05, 4.69) is 9.98 Å². The molecule has 0 amide bonds. The van der Waals surface area contributed by atoms with Crippen molar-refractivity contribution in [3.05, 3.63) is 53.9 Å². The first-order chi connectivity index (χ1) is 9.16. The minimum atomic E-state index is -0.128. The molecular weight excluding hydrogens is 244 g/mol. The molecule has 96 valence electrons. The van der Waals surface area contributed by atoms with E-state index < -0.39 is 0 Å². The Morgan fingerprint density at radius 3 is 2.63 bits per heavy atom. The van der Waals surface area contributed by atoms with Gasteiger partial charge in [-0.3, -0.25) is 14.8 Å². The van der Waals surface area contributed by atoms with Gasteiger partial charge in [0.15, 0.2) is 5.78 Å². The largest absolute Gasteiger partial charge is 0.508 e. The maximum Gasteiger partial charge on any atom is 0.184 e. The number of aromatic nitrogens is 1. The van der Waals surface area contributed by atoms with Crippen LogP contribution >= 0.6 is 0 Å². The van der Waals surface area contributed by atoms with E-state index in [0.29, 0.717) is 11.1 Å². The van der Waals surface area contributed by atoms with Crippen molar-refractivity contribution in [3.63, 3.8) is 0 Å². The lowest BCUT2D eigenvalue weighted by Crippen LogP contribution is -2.03. The van der Waals surface area contributed by atoms with E-state index in [1.165, 1.54) is 24.4 Å². The fourth-order valence-electron chi connectivity index (χ4n) is 1.50. The third-order valence-electron chi connectivity index (χ3n) is 2.48. The number of phenolic OH excluding ortho intramolecular Hbond substituents is 2. The molecule has 1 aromatic heterocycles. The van der Waals surface area contributed by atoms with Crippen molar-refractivity contribution in [2.45, 2.75) is 0 Å². The van der Waals surface area contributed by atoms with Crippen molar-refractivity contribution < 1.29 is 15.0 Å². The number of Topliss-reactive ketones (excluding diaryl/α,β-unsaturated/α-hetero) is 1. The van der Waals surface area contributed by atoms with E-state index in [1.807, 2.05) is 0 Å². The number of rotatable bonds is 4. The number of aliphatic imine (C=N–C) groups is 1. The van der Waals surface area contributed by atoms with Crippen LogP contribution in [0.3, 0.4) is 0 Å². The van der Waals surface area contributed by atoms with Crippen LogP contribution in [0.15, 0.2) is 47.7 Å². The first kappa shape index (κ1) is 12.8. The van der Waals surface area contributed by atoms with Gasteiger partial charge < -0.3 is 10.2 Å². The van der Waals surface area contributed by atoms with E-state index in [1.54, 1.807) is 24.5 Å². The van der Waals surface area contributed by atoms with Crippen molar-refractivity contribution in [1.82, 2.24) is 4.98 Å². The summed E-state index contributed by atoms with van der Waals surface area (Å²) in [6.45, 7) is -0.00959. The van der Waals surface area contributed by atoms with Gasteiger partial charge in [-0.1, -0.05) is 0 Å². The van der Waals surface area contributed by atoms with Crippen LogP contribution in [0.2, 0.25) is 0 Å². The summed E-state index contributed by atoms with van der Waals surface area (Å²) < 4.78 is 0. The number of carbonyl (C=O) groups is 1. The number of nitrogens with zero attached hydrogens (tertiary/aromatic N) is 2. The molecule has 0 radical (unpaired) electrons. The second-order valence-electron chi connectivity index (χ2n) is 3.87. The Morgan fingerprint density at radius 1 is 1.21 bits per heavy atom. The van der Waals surface area contributed by atoms with Crippen molar-refractivity contribution in [2.75, 3.05) is 6.54 Å². The lowest BCUT2D eigenvalue weighted by atomic mass is 10.2. The first-order valence-electron chi connectivity index (χ1n) is 5.62. The number of carbonyl (C=O) groups excluding carboxylic acids is 1. The van der Waals surface area contributed by atoms with E-state index in [-0.39, 0.29) is 23.8 Å². The Bertz CT molecular complexity index is 609. The van der Waals surface area contributed by atoms with Crippen LogP contribution in [-0.4, -0.2) is 33.7 Å². The highest BCUT2D eigenvalue weighted by atomic mass is 16.3. The predicted octanol–water partition coefficient (Wildman–Crippen LogP) is 1.79. The predicted molar refractivity (Wildman–Crippen MR) is 70.8 cm³/mol. The van der Waals surface area contributed by atoms with Gasteiger partial charge in [-0.05, 0) is 24.3 Å². The van der Waals surface area contributed by atoms with Crippen LogP contribution in [-0.2, 0) is 0 Å². The maximum atomic E-state index is 11.7. The molecule has 0 aliphatic carbocycles. The third-order valence-corrected chi connectivity index (χ3v) is 2.48. The zero-order valence-corrected chi connectivity index (χ0v) is 10.0. The molecule has 1 heterocycles. The minimum absolute atomic E-state index is 0.00959. The Hall–Kier alpha value is -2.69. The van der Waals surface area contributed by atoms with E-state index >= 15 is 0 Å². The smallest absolute Gasteiger partial charge is 0.184 e. The maximum absolute atomic E-state index is 11.7. The first-order valence-corrected chi connectivity index (χ1v) is 5.62. The van der Waals surface area contributed by atoms with Gasteiger partial charge in [-0.25, -0.2) is 0 Å². The highest BCUT2D eigenvalue weighted by Crippen LogP contribution is 2.20.